The molecule has 17 heavy (non-hydrogen) atoms. The number of thioether (sulfide) groups is 1. The first kappa shape index (κ1) is 12.4. The van der Waals surface area contributed by atoms with Gasteiger partial charge in [0.2, 0.25) is 0 Å². The lowest BCUT2D eigenvalue weighted by atomic mass is 9.78. The van der Waals surface area contributed by atoms with Crippen LogP contribution in [-0.4, -0.2) is 36.7 Å². The van der Waals surface area contributed by atoms with Gasteiger partial charge in [-0.2, -0.15) is 0 Å². The lowest BCUT2D eigenvalue weighted by Crippen LogP contribution is -2.39. The summed E-state index contributed by atoms with van der Waals surface area (Å²) in [5.41, 5.74) is -0.0671. The van der Waals surface area contributed by atoms with Crippen molar-refractivity contribution in [1.29, 1.82) is 0 Å². The van der Waals surface area contributed by atoms with Crippen molar-refractivity contribution >= 4 is 17.7 Å². The zero-order valence-electron chi connectivity index (χ0n) is 9.59. The summed E-state index contributed by atoms with van der Waals surface area (Å²) in [5.74, 6) is -0.409. The monoisotopic (exact) mass is 257 g/mol. The van der Waals surface area contributed by atoms with E-state index in [1.807, 2.05) is 4.57 Å². The molecule has 0 aromatic carbocycles. The largest absolute Gasteiger partial charge is 0.481 e. The number of aliphatic carboxylic acids is 1. The van der Waals surface area contributed by atoms with Gasteiger partial charge in [-0.1, -0.05) is 11.8 Å². The summed E-state index contributed by atoms with van der Waals surface area (Å²) < 4.78 is 1.89. The molecule has 1 aliphatic carbocycles. The van der Waals surface area contributed by atoms with Crippen LogP contribution in [-0.2, 0) is 16.9 Å². The Balaban J connectivity index is 2.26. The molecule has 6 nitrogen and oxygen atoms in total. The molecule has 1 heterocycles. The molecule has 0 bridgehead atoms. The number of carboxylic acid groups (broad SMARTS) is 1. The highest BCUT2D eigenvalue weighted by molar-refractivity contribution is 7.99. The molecule has 0 radical (unpaired) electrons. The van der Waals surface area contributed by atoms with Gasteiger partial charge in [-0.25, -0.2) is 0 Å². The minimum Gasteiger partial charge on any atom is -0.481 e. The van der Waals surface area contributed by atoms with Crippen LogP contribution in [0.1, 0.15) is 32.0 Å². The van der Waals surface area contributed by atoms with E-state index >= 15 is 0 Å². The lowest BCUT2D eigenvalue weighted by Gasteiger charge is -2.41. The Morgan fingerprint density at radius 1 is 1.53 bits per heavy atom. The molecule has 94 valence electrons. The summed E-state index contributed by atoms with van der Waals surface area (Å²) >= 11 is 1.15. The van der Waals surface area contributed by atoms with E-state index in [1.54, 1.807) is 0 Å². The van der Waals surface area contributed by atoms with Crippen LogP contribution in [0.25, 0.3) is 0 Å². The number of aromatic nitrogens is 3. The van der Waals surface area contributed by atoms with Crippen molar-refractivity contribution in [3.63, 3.8) is 0 Å². The van der Waals surface area contributed by atoms with Gasteiger partial charge < -0.3 is 10.2 Å². The molecule has 0 amide bonds. The molecule has 2 rings (SSSR count). The Bertz CT molecular complexity index is 428. The topological polar surface area (TPSA) is 88.2 Å². The van der Waals surface area contributed by atoms with Crippen molar-refractivity contribution in [2.45, 2.75) is 43.5 Å². The predicted octanol–water partition coefficient (Wildman–Crippen LogP) is 0.846. The van der Waals surface area contributed by atoms with Crippen molar-refractivity contribution in [2.75, 3.05) is 5.75 Å². The molecular weight excluding hydrogens is 242 g/mol. The fourth-order valence-corrected chi connectivity index (χ4v) is 2.88. The zero-order chi connectivity index (χ0) is 12.5. The molecule has 1 aromatic rings. The number of carbonyl (C=O) groups is 1. The van der Waals surface area contributed by atoms with Gasteiger partial charge in [-0.3, -0.25) is 9.36 Å². The standard InChI is InChI=1S/C10H15N3O3S/c1-10(3-2-4-10)13-7(5-14)11-12-9(13)17-6-8(15)16/h14H,2-6H2,1H3,(H,15,16). The Morgan fingerprint density at radius 3 is 2.71 bits per heavy atom. The van der Waals surface area contributed by atoms with Gasteiger partial charge in [0.05, 0.1) is 5.75 Å². The van der Waals surface area contributed by atoms with E-state index in [0.29, 0.717) is 11.0 Å². The van der Waals surface area contributed by atoms with E-state index in [4.69, 9.17) is 5.11 Å². The fraction of sp³-hybridized carbons (Fsp3) is 0.700. The second kappa shape index (κ2) is 4.66. The Kier molecular flexibility index (Phi) is 3.39. The summed E-state index contributed by atoms with van der Waals surface area (Å²) in [5, 5.41) is 26.4. The maximum Gasteiger partial charge on any atom is 0.313 e. The van der Waals surface area contributed by atoms with E-state index in [1.165, 1.54) is 0 Å². The molecule has 0 saturated heterocycles. The lowest BCUT2D eigenvalue weighted by molar-refractivity contribution is -0.133. The van der Waals surface area contributed by atoms with E-state index in [2.05, 4.69) is 17.1 Å². The minimum atomic E-state index is -0.881. The zero-order valence-corrected chi connectivity index (χ0v) is 10.4. The first-order valence-electron chi connectivity index (χ1n) is 5.47. The molecule has 0 spiro atoms. The number of rotatable bonds is 5. The van der Waals surface area contributed by atoms with Crippen molar-refractivity contribution in [3.05, 3.63) is 5.82 Å². The first-order valence-corrected chi connectivity index (χ1v) is 6.45. The number of nitrogens with zero attached hydrogens (tertiary/aromatic N) is 3. The van der Waals surface area contributed by atoms with Crippen molar-refractivity contribution < 1.29 is 15.0 Å². The number of aliphatic hydroxyl groups excluding tert-OH is 1. The van der Waals surface area contributed by atoms with Gasteiger partial charge in [0.25, 0.3) is 0 Å². The average Bonchev–Trinajstić information content (AvgIpc) is 2.66. The number of carboxylic acids is 1. The molecule has 1 fully saturated rings. The molecular formula is C10H15N3O3S. The Labute approximate surface area is 103 Å². The van der Waals surface area contributed by atoms with E-state index in [9.17, 15) is 9.90 Å². The van der Waals surface area contributed by atoms with Crippen LogP contribution in [0.3, 0.4) is 0 Å². The Morgan fingerprint density at radius 2 is 2.24 bits per heavy atom. The van der Waals surface area contributed by atoms with E-state index in [-0.39, 0.29) is 17.9 Å². The molecule has 0 aliphatic heterocycles. The molecule has 0 unspecified atom stereocenters. The molecule has 2 N–H and O–H groups in total. The number of hydrogen-bond donors (Lipinski definition) is 2. The summed E-state index contributed by atoms with van der Waals surface area (Å²) in [4.78, 5) is 10.6. The van der Waals surface area contributed by atoms with Crippen LogP contribution in [0, 0.1) is 0 Å². The molecule has 0 atom stereocenters. The predicted molar refractivity (Wildman–Crippen MR) is 61.8 cm³/mol. The first-order chi connectivity index (χ1) is 8.07. The van der Waals surface area contributed by atoms with Gasteiger partial charge in [-0.15, -0.1) is 10.2 Å². The molecule has 1 aliphatic rings. The average molecular weight is 257 g/mol. The maximum absolute atomic E-state index is 10.6. The van der Waals surface area contributed by atoms with Gasteiger partial charge in [-0.05, 0) is 26.2 Å². The smallest absolute Gasteiger partial charge is 0.313 e. The van der Waals surface area contributed by atoms with Crippen LogP contribution in [0.5, 0.6) is 0 Å². The van der Waals surface area contributed by atoms with E-state index in [0.717, 1.165) is 31.0 Å². The SMILES string of the molecule is CC1(n2c(CO)nnc2SCC(=O)O)CCC1. The van der Waals surface area contributed by atoms with Crippen LogP contribution < -0.4 is 0 Å². The quantitative estimate of drug-likeness (QED) is 0.760. The highest BCUT2D eigenvalue weighted by Gasteiger charge is 2.37. The van der Waals surface area contributed by atoms with Crippen LogP contribution in [0.15, 0.2) is 5.16 Å². The normalized spacial score (nSPS) is 17.8. The van der Waals surface area contributed by atoms with Crippen molar-refractivity contribution in [2.24, 2.45) is 0 Å². The third-order valence-electron chi connectivity index (χ3n) is 3.14. The molecule has 1 aromatic heterocycles. The number of aliphatic hydroxyl groups is 1. The van der Waals surface area contributed by atoms with Gasteiger partial charge in [0.15, 0.2) is 11.0 Å². The van der Waals surface area contributed by atoms with Crippen molar-refractivity contribution in [3.8, 4) is 0 Å². The summed E-state index contributed by atoms with van der Waals surface area (Å²) in [6.07, 6.45) is 3.17. The third kappa shape index (κ3) is 2.30. The highest BCUT2D eigenvalue weighted by Crippen LogP contribution is 2.41. The van der Waals surface area contributed by atoms with Gasteiger partial charge in [0, 0.05) is 5.54 Å². The second-order valence-electron chi connectivity index (χ2n) is 4.43. The summed E-state index contributed by atoms with van der Waals surface area (Å²) in [6, 6.07) is 0. The maximum atomic E-state index is 10.6. The highest BCUT2D eigenvalue weighted by atomic mass is 32.2. The van der Waals surface area contributed by atoms with E-state index < -0.39 is 5.97 Å². The van der Waals surface area contributed by atoms with Gasteiger partial charge >= 0.3 is 5.97 Å². The second-order valence-corrected chi connectivity index (χ2v) is 5.37. The summed E-state index contributed by atoms with van der Waals surface area (Å²) in [7, 11) is 0. The van der Waals surface area contributed by atoms with Crippen LogP contribution in [0.2, 0.25) is 0 Å². The number of hydrogen-bond acceptors (Lipinski definition) is 5. The molecule has 7 heteroatoms. The van der Waals surface area contributed by atoms with Crippen LogP contribution in [0.4, 0.5) is 0 Å². The van der Waals surface area contributed by atoms with Gasteiger partial charge in [0.1, 0.15) is 6.61 Å². The summed E-state index contributed by atoms with van der Waals surface area (Å²) in [6.45, 7) is 1.92. The van der Waals surface area contributed by atoms with Crippen LogP contribution >= 0.6 is 11.8 Å². The fourth-order valence-electron chi connectivity index (χ4n) is 2.08. The third-order valence-corrected chi connectivity index (χ3v) is 4.05. The van der Waals surface area contributed by atoms with Crippen molar-refractivity contribution in [1.82, 2.24) is 14.8 Å². The Hall–Kier alpha value is -1.08. The minimum absolute atomic E-state index is 0.0420. The molecule has 1 saturated carbocycles.